The molecule has 3 aromatic heterocycles. The zero-order valence-corrected chi connectivity index (χ0v) is 80.4. The molecule has 6 heteroatoms. The van der Waals surface area contributed by atoms with Gasteiger partial charge in [0.15, 0.2) is 0 Å². The maximum absolute atomic E-state index is 2.42. The van der Waals surface area contributed by atoms with Crippen LogP contribution in [0.25, 0.3) is 170 Å². The minimum Gasteiger partial charge on any atom is -0.310 e. The van der Waals surface area contributed by atoms with Crippen molar-refractivity contribution >= 4 is 149 Å². The van der Waals surface area contributed by atoms with Crippen molar-refractivity contribution in [2.24, 2.45) is 0 Å². The van der Waals surface area contributed by atoms with Gasteiger partial charge in [-0.15, -0.1) is 0 Å². The van der Waals surface area contributed by atoms with E-state index in [0.717, 1.165) is 68.2 Å². The molecule has 0 fully saturated rings. The van der Waals surface area contributed by atoms with Crippen LogP contribution in [0.5, 0.6) is 0 Å². The Hall–Kier alpha value is -18.4. The Labute approximate surface area is 834 Å². The Morgan fingerprint density at radius 3 is 0.650 bits per heavy atom. The lowest BCUT2D eigenvalue weighted by atomic mass is 9.94. The van der Waals surface area contributed by atoms with Crippen molar-refractivity contribution in [2.75, 3.05) is 14.7 Å². The first-order valence-electron chi connectivity index (χ1n) is 49.3. The summed E-state index contributed by atoms with van der Waals surface area (Å²) in [6.45, 7) is 10.9. The molecular weight excluding hydrogens is 1730 g/mol. The normalized spacial score (nSPS) is 11.4. The summed E-state index contributed by atoms with van der Waals surface area (Å²) in [4.78, 5) is 7.17. The lowest BCUT2D eigenvalue weighted by Crippen LogP contribution is -2.10. The van der Waals surface area contributed by atoms with E-state index in [9.17, 15) is 0 Å². The average molecular weight is 1830 g/mol. The molecule has 3 heterocycles. The number of aryl methyl sites for hydroxylation is 5. The molecule has 6 nitrogen and oxygen atoms in total. The molecule has 0 aliphatic carbocycles. The molecule has 26 aromatic rings. The highest BCUT2D eigenvalue weighted by Gasteiger charge is 2.27. The molecule has 26 rings (SSSR count). The number of fused-ring (bicyclic) bond motifs is 12. The fourth-order valence-electron chi connectivity index (χ4n) is 21.7. The zero-order valence-electron chi connectivity index (χ0n) is 80.4. The third-order valence-electron chi connectivity index (χ3n) is 28.5. The maximum atomic E-state index is 2.42. The van der Waals surface area contributed by atoms with Crippen LogP contribution in [-0.4, -0.2) is 13.7 Å². The molecule has 23 aromatic carbocycles. The Morgan fingerprint density at radius 2 is 0.364 bits per heavy atom. The minimum atomic E-state index is 1.12. The second kappa shape index (κ2) is 37.9. The predicted octanol–water partition coefficient (Wildman–Crippen LogP) is 38.1. The van der Waals surface area contributed by atoms with Gasteiger partial charge in [0.1, 0.15) is 0 Å². The molecule has 0 aliphatic heterocycles. The van der Waals surface area contributed by atoms with Crippen molar-refractivity contribution in [1.29, 1.82) is 0 Å². The fourth-order valence-corrected chi connectivity index (χ4v) is 21.7. The van der Waals surface area contributed by atoms with Gasteiger partial charge in [-0.3, -0.25) is 0 Å². The van der Waals surface area contributed by atoms with E-state index in [1.54, 1.807) is 0 Å². The van der Waals surface area contributed by atoms with E-state index in [1.807, 2.05) is 0 Å². The SMILES string of the molecule is Cc1ccc(N(c2ccc(-c3ccccc3)cc2)c2cccc3c2c2ccccc2n3-c2ccc(-c3c(C)ccc4ccccc34)cc2)cc1.Cc1ccc(N(c2ccccc2)c2cccc3c2c2ccccc2n3-c2ccc(-c3c(C)ccc4ccccc34)cc2)cc1.Cc1ccc2ccccc2c1-c1ccc(-n2c3ccccc3c3c(N(c4ccccc4)c4ccc(-c5ccccc5)cc4)cccc32)cc1. The highest BCUT2D eigenvalue weighted by molar-refractivity contribution is 6.20. The second-order valence-electron chi connectivity index (χ2n) is 37.3. The highest BCUT2D eigenvalue weighted by atomic mass is 15.2. The van der Waals surface area contributed by atoms with Crippen molar-refractivity contribution in [3.8, 4) is 72.7 Å². The van der Waals surface area contributed by atoms with Crippen LogP contribution in [0.15, 0.2) is 528 Å². The summed E-state index contributed by atoms with van der Waals surface area (Å²) in [5.41, 5.74) is 39.5. The molecule has 0 saturated carbocycles. The van der Waals surface area contributed by atoms with Gasteiger partial charge in [0.05, 0.1) is 50.2 Å². The number of rotatable bonds is 17. The van der Waals surface area contributed by atoms with E-state index < -0.39 is 0 Å². The van der Waals surface area contributed by atoms with Crippen molar-refractivity contribution in [2.45, 2.75) is 34.6 Å². The van der Waals surface area contributed by atoms with E-state index in [0.29, 0.717) is 0 Å². The van der Waals surface area contributed by atoms with Crippen LogP contribution >= 0.6 is 0 Å². The highest BCUT2D eigenvalue weighted by Crippen LogP contribution is 2.50. The molecule has 143 heavy (non-hydrogen) atoms. The first kappa shape index (κ1) is 87.4. The summed E-state index contributed by atoms with van der Waals surface area (Å²) in [5.74, 6) is 0. The summed E-state index contributed by atoms with van der Waals surface area (Å²) >= 11 is 0. The molecular formula is C137H102N6. The molecule has 0 radical (unpaired) electrons. The third kappa shape index (κ3) is 16.3. The van der Waals surface area contributed by atoms with Gasteiger partial charge in [0, 0.05) is 83.5 Å². The first-order chi connectivity index (χ1) is 70.5. The quantitative estimate of drug-likeness (QED) is 0.0908. The van der Waals surface area contributed by atoms with Gasteiger partial charge in [-0.25, -0.2) is 0 Å². The van der Waals surface area contributed by atoms with Crippen LogP contribution in [0, 0.1) is 34.6 Å². The van der Waals surface area contributed by atoms with E-state index in [-0.39, 0.29) is 0 Å². The van der Waals surface area contributed by atoms with E-state index in [2.05, 4.69) is 591 Å². The van der Waals surface area contributed by atoms with Gasteiger partial charge in [-0.1, -0.05) is 375 Å². The van der Waals surface area contributed by atoms with Gasteiger partial charge >= 0.3 is 0 Å². The van der Waals surface area contributed by atoms with Crippen LogP contribution in [0.3, 0.4) is 0 Å². The number of nitrogens with zero attached hydrogens (tertiary/aromatic N) is 6. The number of para-hydroxylation sites is 5. The number of anilines is 9. The number of hydrogen-bond donors (Lipinski definition) is 0. The van der Waals surface area contributed by atoms with Crippen LogP contribution < -0.4 is 14.7 Å². The van der Waals surface area contributed by atoms with Crippen molar-refractivity contribution < 1.29 is 0 Å². The summed E-state index contributed by atoms with van der Waals surface area (Å²) < 4.78 is 7.24. The molecule has 0 aliphatic rings. The minimum absolute atomic E-state index is 1.12. The largest absolute Gasteiger partial charge is 0.310 e. The Balaban J connectivity index is 0.000000116. The van der Waals surface area contributed by atoms with Crippen molar-refractivity contribution in [1.82, 2.24) is 13.7 Å². The van der Waals surface area contributed by atoms with Crippen LogP contribution in [0.4, 0.5) is 51.2 Å². The molecule has 0 N–H and O–H groups in total. The molecule has 0 bridgehead atoms. The lowest BCUT2D eigenvalue weighted by molar-refractivity contribution is 1.18. The van der Waals surface area contributed by atoms with Crippen molar-refractivity contribution in [3.63, 3.8) is 0 Å². The number of aromatic nitrogens is 3. The molecule has 0 unspecified atom stereocenters. The van der Waals surface area contributed by atoms with E-state index in [1.165, 1.54) is 181 Å². The molecule has 0 saturated heterocycles. The Kier molecular flexibility index (Phi) is 23.1. The monoisotopic (exact) mass is 1830 g/mol. The first-order valence-corrected chi connectivity index (χ1v) is 49.3. The molecule has 0 atom stereocenters. The van der Waals surface area contributed by atoms with E-state index in [4.69, 9.17) is 0 Å². The van der Waals surface area contributed by atoms with Crippen LogP contribution in [-0.2, 0) is 0 Å². The van der Waals surface area contributed by atoms with Crippen molar-refractivity contribution in [3.05, 3.63) is 556 Å². The van der Waals surface area contributed by atoms with Gasteiger partial charge in [-0.05, 0) is 303 Å². The van der Waals surface area contributed by atoms with Crippen LogP contribution in [0.1, 0.15) is 27.8 Å². The summed E-state index contributed by atoms with van der Waals surface area (Å²) in [5, 5.41) is 15.0. The summed E-state index contributed by atoms with van der Waals surface area (Å²) in [7, 11) is 0. The third-order valence-corrected chi connectivity index (χ3v) is 28.5. The summed E-state index contributed by atoms with van der Waals surface area (Å²) in [6, 6.07) is 191. The fraction of sp³-hybridized carbons (Fsp3) is 0.0365. The zero-order chi connectivity index (χ0) is 96.0. The Morgan fingerprint density at radius 1 is 0.147 bits per heavy atom. The smallest absolute Gasteiger partial charge is 0.0562 e. The average Bonchev–Trinajstić information content (AvgIpc) is 1.58. The topological polar surface area (TPSA) is 24.5 Å². The molecule has 0 amide bonds. The molecule has 680 valence electrons. The van der Waals surface area contributed by atoms with Crippen LogP contribution in [0.2, 0.25) is 0 Å². The van der Waals surface area contributed by atoms with Gasteiger partial charge in [-0.2, -0.15) is 0 Å². The van der Waals surface area contributed by atoms with Gasteiger partial charge in [0.2, 0.25) is 0 Å². The number of hydrogen-bond acceptors (Lipinski definition) is 3. The molecule has 0 spiro atoms. The standard InChI is InChI=1S/C48H36N2.C47H34N2.C42H32N2/c1-33-19-27-39(28-20-33)49(40-29-23-36(24-30-40)35-11-4-3-5-12-35)45-17-10-18-46-48(45)43-15-8-9-16-44(43)50(46)41-31-25-38(26-32-41)47-34(2)21-22-37-13-6-7-14-42(37)47;1-33-23-24-36-15-8-9-18-41(36)46(33)37-27-31-40(32-28-37)49-43-20-11-10-19-42(43)47-44(21-12-22-45(47)49)48(38-16-6-3-7-17-38)39-29-25-35(26-30-39)34-13-4-2-5-14-34;1-29-19-25-34(26-20-29)43(33-12-4-3-5-13-33)39-17-10-18-40-42(39)37-15-8-9-16-38(37)44(40)35-27-23-32(24-28-35)41-30(2)21-22-31-11-6-7-14-36(31)41/h3-32H,1-2H3;2-32H,1H3;3-28H,1-2H3. The van der Waals surface area contributed by atoms with Gasteiger partial charge < -0.3 is 28.4 Å². The Bertz CT molecular complexity index is 9190. The lowest BCUT2D eigenvalue weighted by Gasteiger charge is -2.27. The summed E-state index contributed by atoms with van der Waals surface area (Å²) in [6.07, 6.45) is 0. The maximum Gasteiger partial charge on any atom is 0.0562 e. The van der Waals surface area contributed by atoms with Gasteiger partial charge in [0.25, 0.3) is 0 Å². The predicted molar refractivity (Wildman–Crippen MR) is 610 cm³/mol. The van der Waals surface area contributed by atoms with E-state index >= 15 is 0 Å². The number of benzene rings is 23. The second-order valence-corrected chi connectivity index (χ2v) is 37.3.